The lowest BCUT2D eigenvalue weighted by atomic mass is 9.75. The van der Waals surface area contributed by atoms with Gasteiger partial charge in [-0.15, -0.1) is 0 Å². The minimum Gasteiger partial charge on any atom is -0.391 e. The molecule has 3 saturated heterocycles. The van der Waals surface area contributed by atoms with E-state index in [0.29, 0.717) is 25.9 Å². The van der Waals surface area contributed by atoms with E-state index in [1.807, 2.05) is 0 Å². The van der Waals surface area contributed by atoms with Gasteiger partial charge in [-0.05, 0) is 35.7 Å². The number of aliphatic hydroxyl groups is 2. The molecule has 1 aromatic rings. The van der Waals surface area contributed by atoms with Gasteiger partial charge >= 0.3 is 5.69 Å². The number of piperidine rings is 1. The number of rotatable bonds is 2. The number of amides is 2. The van der Waals surface area contributed by atoms with Crippen LogP contribution in [0.4, 0.5) is 0 Å². The number of H-pyrrole nitrogens is 1. The predicted octanol–water partition coefficient (Wildman–Crippen LogP) is -0.646. The van der Waals surface area contributed by atoms with Crippen molar-refractivity contribution in [3.05, 3.63) is 31.5 Å². The van der Waals surface area contributed by atoms with Crippen molar-refractivity contribution in [3.63, 3.8) is 0 Å². The van der Waals surface area contributed by atoms with Crippen LogP contribution >= 0.6 is 15.9 Å². The van der Waals surface area contributed by atoms with Crippen LogP contribution in [0.15, 0.2) is 20.3 Å². The first kappa shape index (κ1) is 24.1. The maximum Gasteiger partial charge on any atom is 0.328 e. The molecule has 4 atom stereocenters. The molecular formula is C21H29BrN4O7. The number of β-amino-alcohol motifs (C(OH)–C–C–N with tert-alkyl or cyclic N) is 1. The largest absolute Gasteiger partial charge is 0.391 e. The van der Waals surface area contributed by atoms with Gasteiger partial charge in [-0.25, -0.2) is 4.79 Å². The molecule has 2 amide bonds. The average Bonchev–Trinajstić information content (AvgIpc) is 3.13. The normalized spacial score (nSPS) is 31.7. The van der Waals surface area contributed by atoms with E-state index in [4.69, 9.17) is 4.74 Å². The zero-order valence-electron chi connectivity index (χ0n) is 18.6. The van der Waals surface area contributed by atoms with Gasteiger partial charge in [0.25, 0.3) is 5.56 Å². The van der Waals surface area contributed by atoms with Gasteiger partial charge in [-0.2, -0.15) is 0 Å². The number of aromatic amines is 1. The van der Waals surface area contributed by atoms with Crippen molar-refractivity contribution in [2.75, 3.05) is 26.2 Å². The Labute approximate surface area is 198 Å². The first-order valence-corrected chi connectivity index (χ1v) is 11.8. The zero-order valence-corrected chi connectivity index (χ0v) is 20.2. The van der Waals surface area contributed by atoms with Crippen molar-refractivity contribution in [2.45, 2.75) is 68.9 Å². The molecule has 11 nitrogen and oxygen atoms in total. The van der Waals surface area contributed by atoms with Gasteiger partial charge in [0.15, 0.2) is 0 Å². The molecule has 1 spiro atoms. The molecule has 0 bridgehead atoms. The van der Waals surface area contributed by atoms with Gasteiger partial charge in [0.05, 0.1) is 34.4 Å². The molecule has 3 N–H and O–H groups in total. The molecule has 0 radical (unpaired) electrons. The number of carbonyl (C=O) groups excluding carboxylic acids is 2. The predicted molar refractivity (Wildman–Crippen MR) is 120 cm³/mol. The third-order valence-electron chi connectivity index (χ3n) is 7.16. The first-order valence-electron chi connectivity index (χ1n) is 11.0. The Balaban J connectivity index is 1.44. The van der Waals surface area contributed by atoms with Gasteiger partial charge in [0, 0.05) is 45.6 Å². The monoisotopic (exact) mass is 528 g/mol. The third-order valence-corrected chi connectivity index (χ3v) is 7.73. The fourth-order valence-electron chi connectivity index (χ4n) is 5.39. The average molecular weight is 529 g/mol. The number of ether oxygens (including phenoxy) is 1. The number of likely N-dealkylation sites (tertiary alicyclic amines) is 2. The summed E-state index contributed by atoms with van der Waals surface area (Å²) in [6.07, 6.45) is 2.15. The molecule has 4 heterocycles. The Hall–Kier alpha value is -2.02. The third kappa shape index (κ3) is 4.53. The molecule has 0 saturated carbocycles. The van der Waals surface area contributed by atoms with E-state index in [1.165, 1.54) is 22.6 Å². The quantitative estimate of drug-likeness (QED) is 0.462. The highest BCUT2D eigenvalue weighted by atomic mass is 79.9. The molecule has 182 valence electrons. The molecule has 4 rings (SSSR count). The van der Waals surface area contributed by atoms with Crippen LogP contribution in [-0.4, -0.2) is 91.0 Å². The lowest BCUT2D eigenvalue weighted by molar-refractivity contribution is -0.198. The molecule has 0 aromatic carbocycles. The summed E-state index contributed by atoms with van der Waals surface area (Å²) in [4.78, 5) is 54.2. The molecule has 0 aliphatic carbocycles. The molecule has 33 heavy (non-hydrogen) atoms. The fourth-order valence-corrected chi connectivity index (χ4v) is 5.71. The van der Waals surface area contributed by atoms with Crippen LogP contribution in [0.1, 0.15) is 45.6 Å². The van der Waals surface area contributed by atoms with Crippen LogP contribution < -0.4 is 11.2 Å². The molecule has 12 heteroatoms. The lowest BCUT2D eigenvalue weighted by Crippen LogP contribution is -2.60. The summed E-state index contributed by atoms with van der Waals surface area (Å²) in [6.45, 7) is 4.09. The first-order chi connectivity index (χ1) is 15.4. The molecule has 3 aliphatic rings. The van der Waals surface area contributed by atoms with E-state index < -0.39 is 40.6 Å². The summed E-state index contributed by atoms with van der Waals surface area (Å²) in [7, 11) is 0. The van der Waals surface area contributed by atoms with Gasteiger partial charge in [0.2, 0.25) is 11.8 Å². The molecule has 3 aliphatic heterocycles. The van der Waals surface area contributed by atoms with Crippen molar-refractivity contribution in [2.24, 2.45) is 0 Å². The second-order valence-electron chi connectivity index (χ2n) is 9.59. The molecule has 3 fully saturated rings. The van der Waals surface area contributed by atoms with Crippen LogP contribution in [0.3, 0.4) is 0 Å². The second kappa shape index (κ2) is 8.64. The summed E-state index contributed by atoms with van der Waals surface area (Å²) < 4.78 is 7.65. The smallest absolute Gasteiger partial charge is 0.328 e. The van der Waals surface area contributed by atoms with Crippen molar-refractivity contribution in [3.8, 4) is 0 Å². The number of hydrogen-bond donors (Lipinski definition) is 3. The van der Waals surface area contributed by atoms with Crippen LogP contribution in [-0.2, 0) is 14.3 Å². The SMILES string of the molecule is CC(=O)N1C[C@H](O)C[C@H]1C(=O)N1CCC2(CC1)C[C@@](C)(O)[C@H](n1cc(Br)c(=O)[nH]c1=O)CO2. The van der Waals surface area contributed by atoms with Crippen LogP contribution in [0, 0.1) is 0 Å². The maximum atomic E-state index is 13.1. The highest BCUT2D eigenvalue weighted by molar-refractivity contribution is 9.10. The summed E-state index contributed by atoms with van der Waals surface area (Å²) in [6, 6.07) is -1.34. The zero-order chi connectivity index (χ0) is 24.1. The number of carbonyl (C=O) groups is 2. The van der Waals surface area contributed by atoms with E-state index >= 15 is 0 Å². The molecule has 1 aromatic heterocycles. The number of hydrogen-bond acceptors (Lipinski definition) is 7. The summed E-state index contributed by atoms with van der Waals surface area (Å²) in [5.74, 6) is -0.415. The number of aromatic nitrogens is 2. The van der Waals surface area contributed by atoms with Gasteiger partial charge < -0.3 is 24.7 Å². The maximum absolute atomic E-state index is 13.1. The minimum atomic E-state index is -1.28. The molecular weight excluding hydrogens is 500 g/mol. The summed E-state index contributed by atoms with van der Waals surface area (Å²) in [5, 5.41) is 21.2. The topological polar surface area (TPSA) is 145 Å². The van der Waals surface area contributed by atoms with Crippen molar-refractivity contribution in [1.82, 2.24) is 19.4 Å². The van der Waals surface area contributed by atoms with Crippen LogP contribution in [0.2, 0.25) is 0 Å². The van der Waals surface area contributed by atoms with E-state index in [2.05, 4.69) is 20.9 Å². The van der Waals surface area contributed by atoms with Crippen molar-refractivity contribution in [1.29, 1.82) is 0 Å². The Morgan fingerprint density at radius 2 is 1.94 bits per heavy atom. The summed E-state index contributed by atoms with van der Waals surface area (Å²) >= 11 is 3.12. The van der Waals surface area contributed by atoms with E-state index in [-0.39, 0.29) is 42.3 Å². The van der Waals surface area contributed by atoms with Crippen LogP contribution in [0.5, 0.6) is 0 Å². The Bertz CT molecular complexity index is 1060. The lowest BCUT2D eigenvalue weighted by Gasteiger charge is -2.51. The van der Waals surface area contributed by atoms with Crippen molar-refractivity contribution >= 4 is 27.7 Å². The van der Waals surface area contributed by atoms with Crippen LogP contribution in [0.25, 0.3) is 0 Å². The van der Waals surface area contributed by atoms with Gasteiger partial charge in [-0.1, -0.05) is 0 Å². The minimum absolute atomic E-state index is 0.0757. The van der Waals surface area contributed by atoms with E-state index in [9.17, 15) is 29.4 Å². The highest BCUT2D eigenvalue weighted by Crippen LogP contribution is 2.43. The fraction of sp³-hybridized carbons (Fsp3) is 0.714. The second-order valence-corrected chi connectivity index (χ2v) is 10.4. The summed E-state index contributed by atoms with van der Waals surface area (Å²) in [5.41, 5.74) is -3.09. The standard InChI is InChI=1S/C21H29BrN4O7/c1-12(27)25-8-13(28)7-15(25)18(30)24-5-3-21(4-6-24)11-20(2,32)16(10-33-21)26-9-14(22)17(29)23-19(26)31/h9,13,15-16,28,32H,3-8,10-11H2,1-2H3,(H,23,29,31)/t13-,15+,16-,20-/m1/s1. The Kier molecular flexibility index (Phi) is 6.31. The molecule has 0 unspecified atom stereocenters. The Morgan fingerprint density at radius 3 is 2.55 bits per heavy atom. The number of nitrogens with one attached hydrogen (secondary N) is 1. The van der Waals surface area contributed by atoms with E-state index in [1.54, 1.807) is 11.8 Å². The van der Waals surface area contributed by atoms with Crippen molar-refractivity contribution < 1.29 is 24.5 Å². The highest BCUT2D eigenvalue weighted by Gasteiger charge is 2.51. The number of nitrogens with zero attached hydrogens (tertiary/aromatic N) is 3. The van der Waals surface area contributed by atoms with E-state index in [0.717, 1.165) is 0 Å². The number of aliphatic hydroxyl groups excluding tert-OH is 1. The number of halogens is 1. The Morgan fingerprint density at radius 1 is 1.27 bits per heavy atom. The van der Waals surface area contributed by atoms with Gasteiger partial charge in [0.1, 0.15) is 6.04 Å². The van der Waals surface area contributed by atoms with Gasteiger partial charge in [-0.3, -0.25) is 23.9 Å².